The smallest absolute Gasteiger partial charge is 0.310 e. The number of rotatable bonds is 7. The molecule has 1 aromatic heterocycles. The van der Waals surface area contributed by atoms with Gasteiger partial charge in [0.2, 0.25) is 0 Å². The molecule has 8 heteroatoms. The van der Waals surface area contributed by atoms with E-state index >= 15 is 0 Å². The van der Waals surface area contributed by atoms with Crippen LogP contribution in [0.2, 0.25) is 0 Å². The highest BCUT2D eigenvalue weighted by atomic mass is 32.2. The maximum absolute atomic E-state index is 12.7. The highest BCUT2D eigenvalue weighted by Gasteiger charge is 2.36. The molecule has 1 aliphatic rings. The number of hydrogen-bond acceptors (Lipinski definition) is 6. The first-order valence-electron chi connectivity index (χ1n) is 9.84. The number of furan rings is 1. The molecule has 1 amide bonds. The quantitative estimate of drug-likeness (QED) is 0.638. The van der Waals surface area contributed by atoms with Crippen molar-refractivity contribution < 1.29 is 27.2 Å². The Labute approximate surface area is 170 Å². The second-order valence-corrected chi connectivity index (χ2v) is 9.94. The summed E-state index contributed by atoms with van der Waals surface area (Å²) in [4.78, 5) is 26.6. The Morgan fingerprint density at radius 3 is 2.76 bits per heavy atom. The van der Waals surface area contributed by atoms with E-state index in [-0.39, 0.29) is 35.9 Å². The lowest BCUT2D eigenvalue weighted by Gasteiger charge is -2.33. The van der Waals surface area contributed by atoms with Gasteiger partial charge in [-0.15, -0.1) is 0 Å². The molecule has 0 N–H and O–H groups in total. The number of esters is 1. The van der Waals surface area contributed by atoms with Gasteiger partial charge in [0.15, 0.2) is 16.4 Å². The van der Waals surface area contributed by atoms with Crippen molar-refractivity contribution in [3.8, 4) is 0 Å². The minimum absolute atomic E-state index is 0.00444. The minimum atomic E-state index is -3.12. The zero-order valence-corrected chi connectivity index (χ0v) is 17.8. The van der Waals surface area contributed by atoms with E-state index in [2.05, 4.69) is 0 Å². The standard InChI is InChI=1S/C21H27NO6S/c1-4-15(3)22(17-7-8-29(25,26)13-17)20(23)12-28-21(24)10-16-11-27-19-9-14(2)5-6-18(16)19/h5-6,9,11,15,17H,4,7-8,10,12-13H2,1-3H3/t15-,17-/m0/s1. The summed E-state index contributed by atoms with van der Waals surface area (Å²) in [5, 5.41) is 0.844. The van der Waals surface area contributed by atoms with Crippen LogP contribution in [0.25, 0.3) is 11.0 Å². The number of hydrogen-bond donors (Lipinski definition) is 0. The van der Waals surface area contributed by atoms with Gasteiger partial charge in [-0.25, -0.2) is 8.42 Å². The van der Waals surface area contributed by atoms with Crippen LogP contribution in [0.1, 0.15) is 37.8 Å². The number of carbonyl (C=O) groups is 2. The number of benzene rings is 1. The fourth-order valence-corrected chi connectivity index (χ4v) is 5.46. The van der Waals surface area contributed by atoms with Crippen molar-refractivity contribution in [2.45, 2.75) is 52.1 Å². The van der Waals surface area contributed by atoms with E-state index in [1.165, 1.54) is 6.26 Å². The molecule has 2 aromatic rings. The molecule has 1 aliphatic heterocycles. The van der Waals surface area contributed by atoms with Crippen LogP contribution in [0.3, 0.4) is 0 Å². The maximum atomic E-state index is 12.7. The number of nitrogens with zero attached hydrogens (tertiary/aromatic N) is 1. The molecule has 0 spiro atoms. The Balaban J connectivity index is 1.62. The Morgan fingerprint density at radius 2 is 2.10 bits per heavy atom. The van der Waals surface area contributed by atoms with Crippen molar-refractivity contribution >= 4 is 32.7 Å². The Hall–Kier alpha value is -2.35. The van der Waals surface area contributed by atoms with Gasteiger partial charge in [-0.2, -0.15) is 0 Å². The zero-order chi connectivity index (χ0) is 21.2. The Kier molecular flexibility index (Phi) is 6.31. The van der Waals surface area contributed by atoms with E-state index in [0.717, 1.165) is 10.9 Å². The molecule has 1 fully saturated rings. The lowest BCUT2D eigenvalue weighted by atomic mass is 10.1. The van der Waals surface area contributed by atoms with E-state index in [1.54, 1.807) is 4.90 Å². The van der Waals surface area contributed by atoms with E-state index < -0.39 is 22.4 Å². The molecule has 3 rings (SSSR count). The Bertz CT molecular complexity index is 1010. The summed E-state index contributed by atoms with van der Waals surface area (Å²) in [7, 11) is -3.12. The topological polar surface area (TPSA) is 93.9 Å². The molecule has 7 nitrogen and oxygen atoms in total. The highest BCUT2D eigenvalue weighted by Crippen LogP contribution is 2.24. The van der Waals surface area contributed by atoms with Gasteiger partial charge < -0.3 is 14.1 Å². The Morgan fingerprint density at radius 1 is 1.34 bits per heavy atom. The molecule has 158 valence electrons. The van der Waals surface area contributed by atoms with Crippen molar-refractivity contribution in [2.24, 2.45) is 0 Å². The summed E-state index contributed by atoms with van der Waals surface area (Å²) in [6.45, 7) is 5.38. The van der Waals surface area contributed by atoms with Gasteiger partial charge in [0.05, 0.1) is 24.2 Å². The molecular formula is C21H27NO6S. The van der Waals surface area contributed by atoms with Crippen LogP contribution in [0, 0.1) is 6.92 Å². The van der Waals surface area contributed by atoms with Gasteiger partial charge in [0.25, 0.3) is 5.91 Å². The molecule has 2 heterocycles. The first-order valence-corrected chi connectivity index (χ1v) is 11.7. The summed E-state index contributed by atoms with van der Waals surface area (Å²) in [6.07, 6.45) is 2.65. The summed E-state index contributed by atoms with van der Waals surface area (Å²) < 4.78 is 34.3. The van der Waals surface area contributed by atoms with Gasteiger partial charge in [-0.1, -0.05) is 19.1 Å². The summed E-state index contributed by atoms with van der Waals surface area (Å²) in [5.74, 6) is -0.824. The average molecular weight is 422 g/mol. The van der Waals surface area contributed by atoms with Crippen LogP contribution in [0.4, 0.5) is 0 Å². The largest absolute Gasteiger partial charge is 0.464 e. The van der Waals surface area contributed by atoms with Gasteiger partial charge in [0.1, 0.15) is 5.58 Å². The number of ether oxygens (including phenoxy) is 1. The first-order chi connectivity index (χ1) is 13.7. The van der Waals surface area contributed by atoms with Crippen molar-refractivity contribution in [1.29, 1.82) is 0 Å². The predicted molar refractivity (Wildman–Crippen MR) is 109 cm³/mol. The van der Waals surface area contributed by atoms with Crippen molar-refractivity contribution in [3.63, 3.8) is 0 Å². The van der Waals surface area contributed by atoms with Gasteiger partial charge in [-0.05, 0) is 38.3 Å². The minimum Gasteiger partial charge on any atom is -0.464 e. The molecule has 0 bridgehead atoms. The zero-order valence-electron chi connectivity index (χ0n) is 17.0. The third kappa shape index (κ3) is 4.98. The van der Waals surface area contributed by atoms with Gasteiger partial charge >= 0.3 is 5.97 Å². The van der Waals surface area contributed by atoms with E-state index in [0.29, 0.717) is 24.0 Å². The first kappa shape index (κ1) is 21.4. The molecule has 0 aliphatic carbocycles. The number of fused-ring (bicyclic) bond motifs is 1. The van der Waals surface area contributed by atoms with E-state index in [9.17, 15) is 18.0 Å². The molecule has 0 unspecified atom stereocenters. The molecule has 1 saturated heterocycles. The monoisotopic (exact) mass is 421 g/mol. The van der Waals surface area contributed by atoms with Crippen LogP contribution in [0.15, 0.2) is 28.9 Å². The lowest BCUT2D eigenvalue weighted by Crippen LogP contribution is -2.48. The summed E-state index contributed by atoms with van der Waals surface area (Å²) in [5.41, 5.74) is 2.47. The number of sulfone groups is 1. The van der Waals surface area contributed by atoms with Crippen molar-refractivity contribution in [3.05, 3.63) is 35.6 Å². The highest BCUT2D eigenvalue weighted by molar-refractivity contribution is 7.91. The summed E-state index contributed by atoms with van der Waals surface area (Å²) in [6, 6.07) is 5.25. The third-order valence-corrected chi connectivity index (χ3v) is 7.21. The van der Waals surface area contributed by atoms with Gasteiger partial charge in [-0.3, -0.25) is 9.59 Å². The van der Waals surface area contributed by atoms with Crippen LogP contribution in [-0.2, 0) is 30.6 Å². The third-order valence-electron chi connectivity index (χ3n) is 5.46. The van der Waals surface area contributed by atoms with Crippen LogP contribution in [0.5, 0.6) is 0 Å². The van der Waals surface area contributed by atoms with E-state index in [1.807, 2.05) is 39.0 Å². The fraction of sp³-hybridized carbons (Fsp3) is 0.524. The van der Waals surface area contributed by atoms with Crippen molar-refractivity contribution in [2.75, 3.05) is 18.1 Å². The second-order valence-electron chi connectivity index (χ2n) is 7.71. The predicted octanol–water partition coefficient (Wildman–Crippen LogP) is 2.64. The van der Waals surface area contributed by atoms with Crippen LogP contribution in [-0.4, -0.2) is 55.4 Å². The van der Waals surface area contributed by atoms with Crippen molar-refractivity contribution in [1.82, 2.24) is 4.90 Å². The molecule has 29 heavy (non-hydrogen) atoms. The fourth-order valence-electron chi connectivity index (χ4n) is 3.75. The second kappa shape index (κ2) is 8.57. The lowest BCUT2D eigenvalue weighted by molar-refractivity contribution is -0.153. The maximum Gasteiger partial charge on any atom is 0.310 e. The number of amides is 1. The molecule has 2 atom stereocenters. The average Bonchev–Trinajstić information content (AvgIpc) is 3.22. The normalized spacial score (nSPS) is 19.2. The molecule has 0 saturated carbocycles. The number of aryl methyl sites for hydroxylation is 1. The molecule has 1 aromatic carbocycles. The molecule has 0 radical (unpaired) electrons. The van der Waals surface area contributed by atoms with Gasteiger partial charge in [0, 0.05) is 23.0 Å². The van der Waals surface area contributed by atoms with Crippen LogP contribution >= 0.6 is 0 Å². The van der Waals surface area contributed by atoms with Crippen LogP contribution < -0.4 is 0 Å². The van der Waals surface area contributed by atoms with E-state index in [4.69, 9.17) is 9.15 Å². The molecular weight excluding hydrogens is 394 g/mol. The summed E-state index contributed by atoms with van der Waals surface area (Å²) >= 11 is 0. The SMILES string of the molecule is CC[C@H](C)N(C(=O)COC(=O)Cc1coc2cc(C)ccc12)[C@H]1CCS(=O)(=O)C1. The number of carbonyl (C=O) groups excluding carboxylic acids is 2.